The van der Waals surface area contributed by atoms with E-state index in [0.717, 1.165) is 19.3 Å². The largest absolute Gasteiger partial charge is 0.377 e. The molecule has 0 bridgehead atoms. The van der Waals surface area contributed by atoms with Crippen LogP contribution < -0.4 is 5.32 Å². The van der Waals surface area contributed by atoms with Crippen molar-refractivity contribution in [2.24, 2.45) is 0 Å². The van der Waals surface area contributed by atoms with Gasteiger partial charge in [-0.2, -0.15) is 0 Å². The van der Waals surface area contributed by atoms with E-state index in [1.165, 1.54) is 0 Å². The molecule has 0 aromatic rings. The van der Waals surface area contributed by atoms with E-state index in [-0.39, 0.29) is 0 Å². The molecule has 1 unspecified atom stereocenters. The Morgan fingerprint density at radius 1 is 1.71 bits per heavy atom. The quantitative estimate of drug-likeness (QED) is 0.424. The van der Waals surface area contributed by atoms with Crippen molar-refractivity contribution in [3.05, 3.63) is 0 Å². The van der Waals surface area contributed by atoms with E-state index in [2.05, 4.69) is 12.2 Å². The van der Waals surface area contributed by atoms with Crippen molar-refractivity contribution in [2.75, 3.05) is 13.2 Å². The summed E-state index contributed by atoms with van der Waals surface area (Å²) in [5.41, 5.74) is 0.458. The van der Waals surface area contributed by atoms with Crippen LogP contribution in [0.1, 0.15) is 6.92 Å². The van der Waals surface area contributed by atoms with Gasteiger partial charge < -0.3 is 10.1 Å². The van der Waals surface area contributed by atoms with E-state index in [4.69, 9.17) is 4.74 Å². The van der Waals surface area contributed by atoms with Crippen molar-refractivity contribution < 1.29 is 4.74 Å². The summed E-state index contributed by atoms with van der Waals surface area (Å²) < 4.78 is 5.01. The van der Waals surface area contributed by atoms with E-state index in [0.29, 0.717) is 5.54 Å². The number of hydrogen-bond acceptors (Lipinski definition) is 2. The van der Waals surface area contributed by atoms with Gasteiger partial charge in [0.05, 0.1) is 18.8 Å². The number of hydrogen-bond donors (Lipinski definition) is 1. The van der Waals surface area contributed by atoms with Gasteiger partial charge in [0.2, 0.25) is 0 Å². The molecule has 2 rings (SSSR count). The monoisotopic (exact) mass is 99.1 g/mol. The van der Waals surface area contributed by atoms with Gasteiger partial charge in [-0.25, -0.2) is 0 Å². The first-order chi connectivity index (χ1) is 3.33. The van der Waals surface area contributed by atoms with Crippen LogP contribution in [0.5, 0.6) is 0 Å². The van der Waals surface area contributed by atoms with E-state index in [1.807, 2.05) is 0 Å². The van der Waals surface area contributed by atoms with Gasteiger partial charge in [-0.1, -0.05) is 0 Å². The predicted molar refractivity (Wildman–Crippen MR) is 26.1 cm³/mol. The highest BCUT2D eigenvalue weighted by molar-refractivity contribution is 5.16. The van der Waals surface area contributed by atoms with Crippen molar-refractivity contribution in [1.29, 1.82) is 0 Å². The Morgan fingerprint density at radius 2 is 2.29 bits per heavy atom. The molecule has 2 heterocycles. The summed E-state index contributed by atoms with van der Waals surface area (Å²) in [6.45, 7) is 4.07. The van der Waals surface area contributed by atoms with Crippen LogP contribution in [0.15, 0.2) is 0 Å². The number of nitrogens with one attached hydrogen (secondary N) is 1. The van der Waals surface area contributed by atoms with Gasteiger partial charge in [0, 0.05) is 6.04 Å². The topological polar surface area (TPSA) is 31.2 Å². The summed E-state index contributed by atoms with van der Waals surface area (Å²) in [7, 11) is 0. The molecule has 1 atom stereocenters. The molecule has 2 aliphatic heterocycles. The third kappa shape index (κ3) is 0.318. The highest BCUT2D eigenvalue weighted by atomic mass is 16.5. The molecule has 40 valence electrons. The molecule has 1 N–H and O–H groups in total. The van der Waals surface area contributed by atoms with Crippen LogP contribution in [-0.2, 0) is 4.74 Å². The summed E-state index contributed by atoms with van der Waals surface area (Å²) in [6.07, 6.45) is 0. The molecule has 0 aromatic carbocycles. The van der Waals surface area contributed by atoms with Gasteiger partial charge in [-0.15, -0.1) is 0 Å². The van der Waals surface area contributed by atoms with Crippen LogP contribution in [0.3, 0.4) is 0 Å². The van der Waals surface area contributed by atoms with Gasteiger partial charge >= 0.3 is 0 Å². The molecule has 2 nitrogen and oxygen atoms in total. The molecular formula is C5H9NO. The van der Waals surface area contributed by atoms with E-state index < -0.39 is 0 Å². The van der Waals surface area contributed by atoms with E-state index in [9.17, 15) is 0 Å². The lowest BCUT2D eigenvalue weighted by molar-refractivity contribution is -0.0103. The van der Waals surface area contributed by atoms with Crippen LogP contribution in [0.25, 0.3) is 0 Å². The molecule has 0 aromatic heterocycles. The second kappa shape index (κ2) is 0.858. The number of rotatable bonds is 0. The first-order valence-corrected chi connectivity index (χ1v) is 2.69. The maximum Gasteiger partial charge on any atom is 0.0808 e. The maximum atomic E-state index is 5.01. The predicted octanol–water partition coefficient (Wildman–Crippen LogP) is -0.253. The molecule has 7 heavy (non-hydrogen) atoms. The van der Waals surface area contributed by atoms with Gasteiger partial charge in [0.1, 0.15) is 0 Å². The summed E-state index contributed by atoms with van der Waals surface area (Å²) in [5.74, 6) is 0. The third-order valence-corrected chi connectivity index (χ3v) is 1.97. The van der Waals surface area contributed by atoms with Crippen molar-refractivity contribution in [1.82, 2.24) is 5.32 Å². The lowest BCUT2D eigenvalue weighted by Gasteiger charge is -2.24. The third-order valence-electron chi connectivity index (χ3n) is 1.97. The average Bonchev–Trinajstić information content (AvgIpc) is 2.10. The molecule has 2 saturated heterocycles. The molecule has 0 saturated carbocycles. The summed E-state index contributed by atoms with van der Waals surface area (Å²) in [5, 5.41) is 3.32. The van der Waals surface area contributed by atoms with Crippen LogP contribution in [0.4, 0.5) is 0 Å². The fourth-order valence-corrected chi connectivity index (χ4v) is 1.04. The SMILES string of the molecule is CC1NC12COC2. The smallest absolute Gasteiger partial charge is 0.0808 e. The van der Waals surface area contributed by atoms with Crippen LogP contribution >= 0.6 is 0 Å². The minimum absolute atomic E-state index is 0.458. The Balaban J connectivity index is 2.05. The second-order valence-electron chi connectivity index (χ2n) is 2.51. The zero-order valence-electron chi connectivity index (χ0n) is 4.40. The Hall–Kier alpha value is -0.0800. The zero-order chi connectivity index (χ0) is 4.91. The minimum Gasteiger partial charge on any atom is -0.377 e. The fraction of sp³-hybridized carbons (Fsp3) is 1.00. The molecule has 2 fully saturated rings. The Morgan fingerprint density at radius 3 is 2.29 bits per heavy atom. The standard InChI is InChI=1S/C5H9NO/c1-4-5(6-4)2-7-3-5/h4,6H,2-3H2,1H3. The van der Waals surface area contributed by atoms with Crippen molar-refractivity contribution >= 4 is 0 Å². The van der Waals surface area contributed by atoms with Crippen LogP contribution in [-0.4, -0.2) is 24.8 Å². The fourth-order valence-electron chi connectivity index (χ4n) is 1.04. The van der Waals surface area contributed by atoms with Crippen molar-refractivity contribution in [3.8, 4) is 0 Å². The first-order valence-electron chi connectivity index (χ1n) is 2.69. The Kier molecular flexibility index (Phi) is 0.474. The average molecular weight is 99.1 g/mol. The van der Waals surface area contributed by atoms with Crippen LogP contribution in [0.2, 0.25) is 0 Å². The molecule has 1 spiro atoms. The minimum atomic E-state index is 0.458. The number of ether oxygens (including phenoxy) is 1. The van der Waals surface area contributed by atoms with Gasteiger partial charge in [0.25, 0.3) is 0 Å². The first kappa shape index (κ1) is 3.87. The Bertz CT molecular complexity index is 92.7. The van der Waals surface area contributed by atoms with E-state index in [1.54, 1.807) is 0 Å². The van der Waals surface area contributed by atoms with Gasteiger partial charge in [0.15, 0.2) is 0 Å². The van der Waals surface area contributed by atoms with Gasteiger partial charge in [-0.05, 0) is 6.92 Å². The Labute approximate surface area is 42.9 Å². The highest BCUT2D eigenvalue weighted by Crippen LogP contribution is 2.33. The molecular weight excluding hydrogens is 90.1 g/mol. The normalized spacial score (nSPS) is 43.3. The summed E-state index contributed by atoms with van der Waals surface area (Å²) >= 11 is 0. The zero-order valence-corrected chi connectivity index (χ0v) is 4.40. The van der Waals surface area contributed by atoms with E-state index >= 15 is 0 Å². The highest BCUT2D eigenvalue weighted by Gasteiger charge is 2.56. The maximum absolute atomic E-state index is 5.01. The summed E-state index contributed by atoms with van der Waals surface area (Å²) in [6, 6.07) is 0.723. The van der Waals surface area contributed by atoms with Crippen LogP contribution in [0, 0.1) is 0 Å². The lowest BCUT2D eigenvalue weighted by Crippen LogP contribution is -2.41. The molecule has 2 heteroatoms. The van der Waals surface area contributed by atoms with Crippen molar-refractivity contribution in [3.63, 3.8) is 0 Å². The lowest BCUT2D eigenvalue weighted by atomic mass is 10.1. The molecule has 0 radical (unpaired) electrons. The summed E-state index contributed by atoms with van der Waals surface area (Å²) in [4.78, 5) is 0. The molecule has 0 aliphatic carbocycles. The van der Waals surface area contributed by atoms with Crippen molar-refractivity contribution in [2.45, 2.75) is 18.5 Å². The molecule has 2 aliphatic rings. The van der Waals surface area contributed by atoms with Gasteiger partial charge in [-0.3, -0.25) is 0 Å². The molecule has 0 amide bonds. The second-order valence-corrected chi connectivity index (χ2v) is 2.51.